The summed E-state index contributed by atoms with van der Waals surface area (Å²) in [7, 11) is -3.78. The number of non-ortho nitro benzene ring substituents is 1. The van der Waals surface area contributed by atoms with Crippen molar-refractivity contribution in [3.63, 3.8) is 0 Å². The molecule has 140 valence electrons. The zero-order valence-electron chi connectivity index (χ0n) is 15.1. The zero-order valence-corrected chi connectivity index (χ0v) is 15.9. The minimum atomic E-state index is -3.78. The number of amides is 1. The van der Waals surface area contributed by atoms with Crippen molar-refractivity contribution >= 4 is 27.3 Å². The first-order chi connectivity index (χ1) is 11.4. The van der Waals surface area contributed by atoms with Crippen LogP contribution in [-0.2, 0) is 14.8 Å². The molecule has 0 aliphatic carbocycles. The molecule has 0 unspecified atom stereocenters. The van der Waals surface area contributed by atoms with Gasteiger partial charge in [-0.2, -0.15) is 0 Å². The predicted molar refractivity (Wildman–Crippen MR) is 96.9 cm³/mol. The quantitative estimate of drug-likeness (QED) is 0.556. The van der Waals surface area contributed by atoms with Gasteiger partial charge in [0.25, 0.3) is 5.69 Å². The van der Waals surface area contributed by atoms with Gasteiger partial charge in [-0.05, 0) is 17.9 Å². The number of hydrogen-bond donors (Lipinski definition) is 1. The summed E-state index contributed by atoms with van der Waals surface area (Å²) in [5.74, 6) is -0.0776. The van der Waals surface area contributed by atoms with Gasteiger partial charge in [0.15, 0.2) is 0 Å². The molecule has 0 atom stereocenters. The summed E-state index contributed by atoms with van der Waals surface area (Å²) in [6, 6.07) is 5.10. The molecule has 25 heavy (non-hydrogen) atoms. The van der Waals surface area contributed by atoms with Crippen LogP contribution in [0, 0.1) is 22.0 Å². The van der Waals surface area contributed by atoms with Gasteiger partial charge in [0.2, 0.25) is 15.9 Å². The van der Waals surface area contributed by atoms with Crippen molar-refractivity contribution in [1.29, 1.82) is 0 Å². The van der Waals surface area contributed by atoms with Gasteiger partial charge in [0, 0.05) is 18.2 Å². The van der Waals surface area contributed by atoms with Gasteiger partial charge in [0.05, 0.1) is 16.9 Å². The fourth-order valence-corrected chi connectivity index (χ4v) is 3.48. The second-order valence-corrected chi connectivity index (χ2v) is 8.53. The summed E-state index contributed by atoms with van der Waals surface area (Å²) in [6.07, 6.45) is 0.960. The Morgan fingerprint density at radius 3 is 2.24 bits per heavy atom. The molecule has 0 saturated heterocycles. The number of anilines is 1. The fraction of sp³-hybridized carbons (Fsp3) is 0.562. The van der Waals surface area contributed by atoms with E-state index in [0.29, 0.717) is 0 Å². The molecule has 0 saturated carbocycles. The van der Waals surface area contributed by atoms with Crippen molar-refractivity contribution in [3.8, 4) is 0 Å². The molecule has 0 heterocycles. The largest absolute Gasteiger partial charge is 0.351 e. The van der Waals surface area contributed by atoms with Crippen LogP contribution in [0.3, 0.4) is 0 Å². The van der Waals surface area contributed by atoms with Crippen molar-refractivity contribution in [2.75, 3.05) is 17.1 Å². The van der Waals surface area contributed by atoms with Crippen LogP contribution in [0.2, 0.25) is 0 Å². The molecule has 0 fully saturated rings. The maximum absolute atomic E-state index is 12.4. The molecule has 0 aromatic heterocycles. The smallest absolute Gasteiger partial charge is 0.271 e. The third kappa shape index (κ3) is 6.00. The third-order valence-electron chi connectivity index (χ3n) is 3.78. The SMILES string of the molecule is CC(C)C(NC(=O)CN(c1cccc([N+](=O)[O-])c1)S(C)(=O)=O)C(C)C. The van der Waals surface area contributed by atoms with Crippen LogP contribution in [0.4, 0.5) is 11.4 Å². The molecule has 1 aromatic rings. The van der Waals surface area contributed by atoms with E-state index < -0.39 is 27.4 Å². The van der Waals surface area contributed by atoms with Gasteiger partial charge >= 0.3 is 0 Å². The minimum Gasteiger partial charge on any atom is -0.351 e. The van der Waals surface area contributed by atoms with Crippen molar-refractivity contribution in [2.45, 2.75) is 33.7 Å². The second kappa shape index (κ2) is 8.28. The van der Waals surface area contributed by atoms with Gasteiger partial charge in [-0.3, -0.25) is 19.2 Å². The maximum Gasteiger partial charge on any atom is 0.271 e. The Morgan fingerprint density at radius 2 is 1.80 bits per heavy atom. The molecular weight excluding hydrogens is 346 g/mol. The van der Waals surface area contributed by atoms with E-state index in [9.17, 15) is 23.3 Å². The number of rotatable bonds is 8. The van der Waals surface area contributed by atoms with Gasteiger partial charge in [0.1, 0.15) is 6.54 Å². The highest BCUT2D eigenvalue weighted by Crippen LogP contribution is 2.23. The lowest BCUT2D eigenvalue weighted by Gasteiger charge is -2.28. The Balaban J connectivity index is 3.08. The van der Waals surface area contributed by atoms with Crippen molar-refractivity contribution in [3.05, 3.63) is 34.4 Å². The second-order valence-electron chi connectivity index (χ2n) is 6.63. The highest BCUT2D eigenvalue weighted by molar-refractivity contribution is 7.92. The van der Waals surface area contributed by atoms with Crippen LogP contribution in [-0.4, -0.2) is 38.1 Å². The molecule has 0 radical (unpaired) electrons. The lowest BCUT2D eigenvalue weighted by Crippen LogP contribution is -2.47. The van der Waals surface area contributed by atoms with Gasteiger partial charge in [-0.1, -0.05) is 33.8 Å². The molecule has 0 aliphatic rings. The molecule has 0 bridgehead atoms. The Hall–Kier alpha value is -2.16. The fourth-order valence-electron chi connectivity index (χ4n) is 2.63. The van der Waals surface area contributed by atoms with Gasteiger partial charge in [-0.25, -0.2) is 8.42 Å². The summed E-state index contributed by atoms with van der Waals surface area (Å²) in [5, 5.41) is 13.7. The number of benzene rings is 1. The van der Waals surface area contributed by atoms with Crippen LogP contribution in [0.25, 0.3) is 0 Å². The number of nitro benzene ring substituents is 1. The van der Waals surface area contributed by atoms with Crippen LogP contribution in [0.1, 0.15) is 27.7 Å². The average molecular weight is 371 g/mol. The minimum absolute atomic E-state index is 0.0810. The predicted octanol–water partition coefficient (Wildman–Crippen LogP) is 2.16. The topological polar surface area (TPSA) is 110 Å². The average Bonchev–Trinajstić information content (AvgIpc) is 2.48. The lowest BCUT2D eigenvalue weighted by atomic mass is 9.93. The number of nitrogens with one attached hydrogen (secondary N) is 1. The number of hydrogen-bond acceptors (Lipinski definition) is 5. The molecule has 0 aliphatic heterocycles. The molecule has 1 N–H and O–H groups in total. The third-order valence-corrected chi connectivity index (χ3v) is 4.92. The maximum atomic E-state index is 12.4. The van der Waals surface area contributed by atoms with Crippen molar-refractivity contribution < 1.29 is 18.1 Å². The molecule has 8 nitrogen and oxygen atoms in total. The number of carbonyl (C=O) groups is 1. The highest BCUT2D eigenvalue weighted by Gasteiger charge is 2.25. The Kier molecular flexibility index (Phi) is 6.92. The molecule has 0 spiro atoms. The zero-order chi connectivity index (χ0) is 19.4. The van der Waals surface area contributed by atoms with Crippen LogP contribution in [0.5, 0.6) is 0 Å². The Bertz CT molecular complexity index is 723. The number of nitro groups is 1. The van der Waals surface area contributed by atoms with E-state index in [1.165, 1.54) is 18.2 Å². The first-order valence-electron chi connectivity index (χ1n) is 7.95. The standard InChI is InChI=1S/C16H25N3O5S/c1-11(2)16(12(3)4)17-15(20)10-18(25(5,23)24)13-7-6-8-14(9-13)19(21)22/h6-9,11-12,16H,10H2,1-5H3,(H,17,20). The molecule has 1 rings (SSSR count). The summed E-state index contributed by atoms with van der Waals surface area (Å²) in [5.41, 5.74) is -0.161. The van der Waals surface area contributed by atoms with E-state index in [1.807, 2.05) is 27.7 Å². The van der Waals surface area contributed by atoms with Crippen molar-refractivity contribution in [2.24, 2.45) is 11.8 Å². The van der Waals surface area contributed by atoms with Crippen molar-refractivity contribution in [1.82, 2.24) is 5.32 Å². The Labute approximate surface area is 148 Å². The van der Waals surface area contributed by atoms with Crippen LogP contribution < -0.4 is 9.62 Å². The van der Waals surface area contributed by atoms with Gasteiger partial charge in [-0.15, -0.1) is 0 Å². The van der Waals surface area contributed by atoms with E-state index in [1.54, 1.807) is 0 Å². The van der Waals surface area contributed by atoms with E-state index in [-0.39, 0.29) is 29.3 Å². The molecule has 1 aromatic carbocycles. The van der Waals surface area contributed by atoms with E-state index in [4.69, 9.17) is 0 Å². The molecular formula is C16H25N3O5S. The lowest BCUT2D eigenvalue weighted by molar-refractivity contribution is -0.384. The summed E-state index contributed by atoms with van der Waals surface area (Å²) in [6.45, 7) is 7.45. The highest BCUT2D eigenvalue weighted by atomic mass is 32.2. The first kappa shape index (κ1) is 20.9. The summed E-state index contributed by atoms with van der Waals surface area (Å²) >= 11 is 0. The van der Waals surface area contributed by atoms with E-state index >= 15 is 0 Å². The molecule has 9 heteroatoms. The number of nitrogens with zero attached hydrogens (tertiary/aromatic N) is 2. The van der Waals surface area contributed by atoms with E-state index in [0.717, 1.165) is 16.6 Å². The van der Waals surface area contributed by atoms with E-state index in [2.05, 4.69) is 5.32 Å². The summed E-state index contributed by atoms with van der Waals surface area (Å²) < 4.78 is 25.0. The normalized spacial score (nSPS) is 11.8. The molecule has 1 amide bonds. The summed E-state index contributed by atoms with van der Waals surface area (Å²) in [4.78, 5) is 22.6. The first-order valence-corrected chi connectivity index (χ1v) is 9.79. The monoisotopic (exact) mass is 371 g/mol. The van der Waals surface area contributed by atoms with Gasteiger partial charge < -0.3 is 5.32 Å². The van der Waals surface area contributed by atoms with Crippen LogP contribution >= 0.6 is 0 Å². The van der Waals surface area contributed by atoms with Crippen LogP contribution in [0.15, 0.2) is 24.3 Å². The number of sulfonamides is 1. The number of carbonyl (C=O) groups excluding carboxylic acids is 1. The Morgan fingerprint density at radius 1 is 1.24 bits per heavy atom.